The lowest BCUT2D eigenvalue weighted by Crippen LogP contribution is -2.29. The topological polar surface area (TPSA) is 61.2 Å². The van der Waals surface area contributed by atoms with E-state index in [-0.39, 0.29) is 18.4 Å². The molecular weight excluding hydrogens is 180 g/mol. The third kappa shape index (κ3) is 0.995. The molecule has 1 aliphatic heterocycles. The van der Waals surface area contributed by atoms with Gasteiger partial charge < -0.3 is 0 Å². The van der Waals surface area contributed by atoms with Gasteiger partial charge in [-0.25, -0.2) is 0 Å². The van der Waals surface area contributed by atoms with E-state index < -0.39 is 0 Å². The van der Waals surface area contributed by atoms with Gasteiger partial charge in [0, 0.05) is 0 Å². The Morgan fingerprint density at radius 3 is 2.07 bits per heavy atom. The molecule has 0 aliphatic carbocycles. The van der Waals surface area contributed by atoms with E-state index in [0.717, 1.165) is 4.90 Å². The van der Waals surface area contributed by atoms with Gasteiger partial charge in [-0.05, 0) is 12.1 Å². The van der Waals surface area contributed by atoms with E-state index in [1.165, 1.54) is 0 Å². The number of benzene rings is 1. The Hall–Kier alpha value is -2.15. The molecule has 14 heavy (non-hydrogen) atoms. The molecule has 0 unspecified atom stereocenters. The molecule has 2 rings (SSSR count). The molecular formula is C10H6N2O2. The summed E-state index contributed by atoms with van der Waals surface area (Å²) in [5, 5.41) is 8.45. The van der Waals surface area contributed by atoms with Crippen molar-refractivity contribution in [3.05, 3.63) is 35.4 Å². The first-order chi connectivity index (χ1) is 6.75. The zero-order chi connectivity index (χ0) is 10.1. The SMILES string of the molecule is N#CCN1C(=O)c2ccccc2C1=O. The van der Waals surface area contributed by atoms with Crippen molar-refractivity contribution in [1.82, 2.24) is 4.90 Å². The summed E-state index contributed by atoms with van der Waals surface area (Å²) in [6.45, 7) is -0.188. The van der Waals surface area contributed by atoms with Crippen LogP contribution in [0.5, 0.6) is 0 Å². The van der Waals surface area contributed by atoms with Crippen LogP contribution in [-0.4, -0.2) is 23.3 Å². The fourth-order valence-corrected chi connectivity index (χ4v) is 1.45. The van der Waals surface area contributed by atoms with Crippen molar-refractivity contribution in [2.75, 3.05) is 6.54 Å². The molecule has 1 aromatic rings. The molecule has 4 nitrogen and oxygen atoms in total. The second-order valence-electron chi connectivity index (χ2n) is 2.90. The summed E-state index contributed by atoms with van der Waals surface area (Å²) in [4.78, 5) is 24.1. The Labute approximate surface area is 80.4 Å². The van der Waals surface area contributed by atoms with Crippen LogP contribution in [-0.2, 0) is 0 Å². The molecule has 0 fully saturated rings. The summed E-state index contributed by atoms with van der Waals surface area (Å²) in [6.07, 6.45) is 0. The molecule has 0 N–H and O–H groups in total. The molecule has 0 radical (unpaired) electrons. The average Bonchev–Trinajstić information content (AvgIpc) is 2.45. The number of fused-ring (bicyclic) bond motifs is 1. The monoisotopic (exact) mass is 186 g/mol. The highest BCUT2D eigenvalue weighted by Gasteiger charge is 2.34. The van der Waals surface area contributed by atoms with Crippen LogP contribution >= 0.6 is 0 Å². The van der Waals surface area contributed by atoms with E-state index in [4.69, 9.17) is 5.26 Å². The first kappa shape index (κ1) is 8.45. The van der Waals surface area contributed by atoms with Crippen LogP contribution in [0.25, 0.3) is 0 Å². The molecule has 0 saturated heterocycles. The number of amides is 2. The third-order valence-electron chi connectivity index (χ3n) is 2.11. The largest absolute Gasteiger partial charge is 0.269 e. The second kappa shape index (κ2) is 2.96. The Morgan fingerprint density at radius 1 is 1.14 bits per heavy atom. The van der Waals surface area contributed by atoms with Crippen LogP contribution in [0.2, 0.25) is 0 Å². The Kier molecular flexibility index (Phi) is 1.79. The van der Waals surface area contributed by atoms with Gasteiger partial charge in [0.2, 0.25) is 0 Å². The van der Waals surface area contributed by atoms with Crippen LogP contribution < -0.4 is 0 Å². The van der Waals surface area contributed by atoms with Crippen molar-refractivity contribution in [2.45, 2.75) is 0 Å². The molecule has 0 saturated carbocycles. The molecule has 0 spiro atoms. The maximum atomic E-state index is 11.6. The Morgan fingerprint density at radius 2 is 1.64 bits per heavy atom. The molecule has 1 aromatic carbocycles. The van der Waals surface area contributed by atoms with E-state index in [2.05, 4.69) is 0 Å². The van der Waals surface area contributed by atoms with Crippen LogP contribution in [0.3, 0.4) is 0 Å². The number of imide groups is 1. The second-order valence-corrected chi connectivity index (χ2v) is 2.90. The van der Waals surface area contributed by atoms with Crippen molar-refractivity contribution < 1.29 is 9.59 Å². The van der Waals surface area contributed by atoms with E-state index >= 15 is 0 Å². The summed E-state index contributed by atoms with van der Waals surface area (Å²) < 4.78 is 0. The number of carbonyl (C=O) groups excluding carboxylic acids is 2. The molecule has 1 heterocycles. The lowest BCUT2D eigenvalue weighted by Gasteiger charge is -2.06. The molecule has 1 aliphatic rings. The molecule has 4 heteroatoms. The van der Waals surface area contributed by atoms with Crippen molar-refractivity contribution >= 4 is 11.8 Å². The number of carbonyl (C=O) groups is 2. The lowest BCUT2D eigenvalue weighted by molar-refractivity contribution is 0.0674. The highest BCUT2D eigenvalue weighted by Crippen LogP contribution is 2.21. The smallest absolute Gasteiger partial charge is 0.262 e. The van der Waals surface area contributed by atoms with Crippen molar-refractivity contribution in [2.24, 2.45) is 0 Å². The fourth-order valence-electron chi connectivity index (χ4n) is 1.45. The molecule has 68 valence electrons. The third-order valence-corrected chi connectivity index (χ3v) is 2.11. The van der Waals surface area contributed by atoms with Gasteiger partial charge in [0.15, 0.2) is 0 Å². The number of rotatable bonds is 1. The van der Waals surface area contributed by atoms with Crippen molar-refractivity contribution in [3.8, 4) is 6.07 Å². The van der Waals surface area contributed by atoms with Crippen molar-refractivity contribution in [1.29, 1.82) is 5.26 Å². The molecule has 0 atom stereocenters. The van der Waals surface area contributed by atoms with Gasteiger partial charge in [0.05, 0.1) is 17.2 Å². The number of hydrogen-bond donors (Lipinski definition) is 0. The van der Waals surface area contributed by atoms with Gasteiger partial charge >= 0.3 is 0 Å². The first-order valence-corrected chi connectivity index (χ1v) is 4.08. The van der Waals surface area contributed by atoms with Crippen LogP contribution in [0.1, 0.15) is 20.7 Å². The number of nitrogens with zero attached hydrogens (tertiary/aromatic N) is 2. The lowest BCUT2D eigenvalue weighted by atomic mass is 10.1. The molecule has 2 amide bonds. The van der Waals surface area contributed by atoms with Crippen LogP contribution in [0, 0.1) is 11.3 Å². The Bertz CT molecular complexity index is 424. The van der Waals surface area contributed by atoms with Gasteiger partial charge in [-0.1, -0.05) is 12.1 Å². The van der Waals surface area contributed by atoms with E-state index in [1.54, 1.807) is 30.3 Å². The van der Waals surface area contributed by atoms with Crippen LogP contribution in [0.4, 0.5) is 0 Å². The summed E-state index contributed by atoms with van der Waals surface area (Å²) >= 11 is 0. The minimum Gasteiger partial charge on any atom is -0.269 e. The van der Waals surface area contributed by atoms with E-state index in [9.17, 15) is 9.59 Å². The quantitative estimate of drug-likeness (QED) is 0.481. The highest BCUT2D eigenvalue weighted by atomic mass is 16.2. The van der Waals surface area contributed by atoms with Crippen molar-refractivity contribution in [3.63, 3.8) is 0 Å². The van der Waals surface area contributed by atoms with Crippen LogP contribution in [0.15, 0.2) is 24.3 Å². The normalized spacial score (nSPS) is 14.1. The van der Waals surface area contributed by atoms with Gasteiger partial charge in [-0.15, -0.1) is 0 Å². The van der Waals surface area contributed by atoms with Gasteiger partial charge in [-0.2, -0.15) is 5.26 Å². The summed E-state index contributed by atoms with van der Waals surface area (Å²) in [5.41, 5.74) is 0.764. The number of nitriles is 1. The molecule has 0 bridgehead atoms. The predicted molar refractivity (Wildman–Crippen MR) is 47.4 cm³/mol. The number of hydrogen-bond acceptors (Lipinski definition) is 3. The molecule has 0 aromatic heterocycles. The van der Waals surface area contributed by atoms with E-state index in [1.807, 2.05) is 0 Å². The Balaban J connectivity index is 2.49. The summed E-state index contributed by atoms with van der Waals surface area (Å²) in [6, 6.07) is 8.36. The van der Waals surface area contributed by atoms with Gasteiger partial charge in [0.1, 0.15) is 6.54 Å². The zero-order valence-electron chi connectivity index (χ0n) is 7.23. The average molecular weight is 186 g/mol. The fraction of sp³-hybridized carbons (Fsp3) is 0.100. The zero-order valence-corrected chi connectivity index (χ0v) is 7.23. The highest BCUT2D eigenvalue weighted by molar-refractivity contribution is 6.21. The maximum Gasteiger partial charge on any atom is 0.262 e. The maximum absolute atomic E-state index is 11.6. The predicted octanol–water partition coefficient (Wildman–Crippen LogP) is 0.806. The standard InChI is InChI=1S/C10H6N2O2/c11-5-6-12-9(13)7-3-1-2-4-8(7)10(12)14/h1-4H,6H2. The summed E-state index contributed by atoms with van der Waals surface area (Å²) in [5.74, 6) is -0.765. The minimum absolute atomic E-state index is 0.188. The van der Waals surface area contributed by atoms with E-state index in [0.29, 0.717) is 11.1 Å². The first-order valence-electron chi connectivity index (χ1n) is 4.08. The van der Waals surface area contributed by atoms with Gasteiger partial charge in [-0.3, -0.25) is 14.5 Å². The van der Waals surface area contributed by atoms with Gasteiger partial charge in [0.25, 0.3) is 11.8 Å². The minimum atomic E-state index is -0.382. The summed E-state index contributed by atoms with van der Waals surface area (Å²) in [7, 11) is 0.